The van der Waals surface area contributed by atoms with Gasteiger partial charge in [0.15, 0.2) is 6.61 Å². The second-order valence-electron chi connectivity index (χ2n) is 6.94. The van der Waals surface area contributed by atoms with E-state index in [0.29, 0.717) is 31.7 Å². The lowest BCUT2D eigenvalue weighted by Gasteiger charge is -2.36. The molecule has 0 unspecified atom stereocenters. The number of carbonyl (C=O) groups excluding carboxylic acids is 2. The van der Waals surface area contributed by atoms with Gasteiger partial charge in [0.05, 0.1) is 0 Å². The molecule has 8 nitrogen and oxygen atoms in total. The summed E-state index contributed by atoms with van der Waals surface area (Å²) in [6.45, 7) is 1.49. The zero-order chi connectivity index (χ0) is 22.1. The average Bonchev–Trinajstić information content (AvgIpc) is 2.81. The van der Waals surface area contributed by atoms with E-state index in [0.717, 1.165) is 11.1 Å². The van der Waals surface area contributed by atoms with Crippen molar-refractivity contribution in [2.45, 2.75) is 0 Å². The molecule has 2 aromatic rings. The lowest BCUT2D eigenvalue weighted by molar-refractivity contribution is -0.151. The molecule has 0 spiro atoms. The van der Waals surface area contributed by atoms with Crippen LogP contribution in [0.5, 0.6) is 0 Å². The molecule has 3 rings (SSSR count). The van der Waals surface area contributed by atoms with Crippen molar-refractivity contribution in [1.29, 1.82) is 0 Å². The molecule has 1 heterocycles. The van der Waals surface area contributed by atoms with Crippen LogP contribution < -0.4 is 9.62 Å². The summed E-state index contributed by atoms with van der Waals surface area (Å²) >= 11 is 0. The quantitative estimate of drug-likeness (QED) is 0.621. The third-order valence-corrected chi connectivity index (χ3v) is 5.81. The smallest absolute Gasteiger partial charge is 0.321 e. The number of ether oxygens (including phenoxy) is 1. The van der Waals surface area contributed by atoms with E-state index in [1.165, 1.54) is 6.08 Å². The van der Waals surface area contributed by atoms with Gasteiger partial charge in [0, 0.05) is 37.3 Å². The molecule has 1 saturated heterocycles. The molecule has 0 aromatic heterocycles. The van der Waals surface area contributed by atoms with Crippen molar-refractivity contribution < 1.29 is 22.7 Å². The van der Waals surface area contributed by atoms with Gasteiger partial charge in [0.1, 0.15) is 6.54 Å². The van der Waals surface area contributed by atoms with Crippen LogP contribution in [0, 0.1) is 0 Å². The summed E-state index contributed by atoms with van der Waals surface area (Å²) in [4.78, 5) is 27.9. The Kier molecular flexibility index (Phi) is 7.80. The first-order valence-corrected chi connectivity index (χ1v) is 11.4. The summed E-state index contributed by atoms with van der Waals surface area (Å²) in [5.41, 5.74) is 1.82. The van der Waals surface area contributed by atoms with Crippen LogP contribution in [0.1, 0.15) is 5.56 Å². The number of nitrogens with one attached hydrogen (secondary N) is 1. The third kappa shape index (κ3) is 7.23. The van der Waals surface area contributed by atoms with E-state index in [2.05, 4.69) is 9.62 Å². The number of piperazine rings is 1. The highest BCUT2D eigenvalue weighted by molar-refractivity contribution is 7.92. The number of rotatable bonds is 8. The van der Waals surface area contributed by atoms with Gasteiger partial charge in [-0.2, -0.15) is 0 Å². The highest BCUT2D eigenvalue weighted by Gasteiger charge is 2.22. The topological polar surface area (TPSA) is 96.0 Å². The second kappa shape index (κ2) is 10.7. The molecule has 0 bridgehead atoms. The van der Waals surface area contributed by atoms with Gasteiger partial charge in [-0.25, -0.2) is 13.1 Å². The fraction of sp³-hybridized carbons (Fsp3) is 0.273. The number of carbonyl (C=O) groups is 2. The summed E-state index contributed by atoms with van der Waals surface area (Å²) in [6, 6.07) is 18.9. The van der Waals surface area contributed by atoms with E-state index < -0.39 is 29.1 Å². The molecule has 1 aliphatic heterocycles. The number of amides is 1. The zero-order valence-electron chi connectivity index (χ0n) is 17.0. The Morgan fingerprint density at radius 3 is 2.19 bits per heavy atom. The van der Waals surface area contributed by atoms with Crippen LogP contribution in [-0.4, -0.2) is 64.5 Å². The third-order valence-electron chi connectivity index (χ3n) is 4.77. The number of para-hydroxylation sites is 1. The van der Waals surface area contributed by atoms with Crippen molar-refractivity contribution in [1.82, 2.24) is 9.62 Å². The highest BCUT2D eigenvalue weighted by Crippen LogP contribution is 2.15. The van der Waals surface area contributed by atoms with E-state index in [1.54, 1.807) is 29.2 Å². The lowest BCUT2D eigenvalue weighted by atomic mass is 10.2. The summed E-state index contributed by atoms with van der Waals surface area (Å²) < 4.78 is 31.0. The van der Waals surface area contributed by atoms with Gasteiger partial charge in [-0.15, -0.1) is 0 Å². The maximum absolute atomic E-state index is 12.3. The van der Waals surface area contributed by atoms with Crippen molar-refractivity contribution in [2.75, 3.05) is 44.2 Å². The van der Waals surface area contributed by atoms with Gasteiger partial charge >= 0.3 is 5.97 Å². The maximum atomic E-state index is 12.3. The summed E-state index contributed by atoms with van der Waals surface area (Å²) in [5.74, 6) is -1.11. The molecular formula is C22H25N3O5S. The minimum Gasteiger partial charge on any atom is -0.455 e. The molecule has 0 aliphatic carbocycles. The van der Waals surface area contributed by atoms with Crippen molar-refractivity contribution in [3.63, 3.8) is 0 Å². The van der Waals surface area contributed by atoms with Gasteiger partial charge in [0.25, 0.3) is 5.91 Å². The van der Waals surface area contributed by atoms with E-state index in [-0.39, 0.29) is 5.91 Å². The van der Waals surface area contributed by atoms with Crippen LogP contribution in [0.25, 0.3) is 6.08 Å². The Morgan fingerprint density at radius 2 is 1.55 bits per heavy atom. The molecule has 9 heteroatoms. The molecule has 1 N–H and O–H groups in total. The molecule has 31 heavy (non-hydrogen) atoms. The Hall–Kier alpha value is -3.17. The van der Waals surface area contributed by atoms with E-state index >= 15 is 0 Å². The number of hydrogen-bond donors (Lipinski definition) is 1. The van der Waals surface area contributed by atoms with Gasteiger partial charge in [0.2, 0.25) is 10.0 Å². The van der Waals surface area contributed by atoms with Gasteiger partial charge in [-0.05, 0) is 23.8 Å². The standard InChI is InChI=1S/C22H25N3O5S/c26-21(25-14-12-24(13-15-25)20-9-5-2-6-10-20)18-30-22(27)17-23-31(28,29)16-11-19-7-3-1-4-8-19/h1-11,16,23H,12-15,17-18H2/b16-11+. The Balaban J connectivity index is 1.37. The summed E-state index contributed by atoms with van der Waals surface area (Å²) in [7, 11) is -3.80. The fourth-order valence-corrected chi connectivity index (χ4v) is 3.83. The lowest BCUT2D eigenvalue weighted by Crippen LogP contribution is -2.50. The molecule has 1 amide bonds. The molecule has 164 valence electrons. The van der Waals surface area contributed by atoms with Crippen molar-refractivity contribution in [3.05, 3.63) is 71.6 Å². The number of hydrogen-bond acceptors (Lipinski definition) is 6. The molecule has 0 radical (unpaired) electrons. The number of anilines is 1. The molecule has 2 aromatic carbocycles. The average molecular weight is 444 g/mol. The predicted molar refractivity (Wildman–Crippen MR) is 119 cm³/mol. The van der Waals surface area contributed by atoms with E-state index in [4.69, 9.17) is 4.74 Å². The Bertz CT molecular complexity index is 1000. The molecule has 1 aliphatic rings. The van der Waals surface area contributed by atoms with E-state index in [9.17, 15) is 18.0 Å². The predicted octanol–water partition coefficient (Wildman–Crippen LogP) is 1.47. The minimum absolute atomic E-state index is 0.298. The van der Waals surface area contributed by atoms with Crippen LogP contribution in [0.2, 0.25) is 0 Å². The largest absolute Gasteiger partial charge is 0.455 e. The summed E-state index contributed by atoms with van der Waals surface area (Å²) in [5, 5.41) is 0.979. The first kappa shape index (κ1) is 22.5. The number of esters is 1. The SMILES string of the molecule is O=C(CNS(=O)(=O)/C=C/c1ccccc1)OCC(=O)N1CCN(c2ccccc2)CC1. The van der Waals surface area contributed by atoms with Crippen LogP contribution >= 0.6 is 0 Å². The summed E-state index contributed by atoms with van der Waals surface area (Å²) in [6.07, 6.45) is 1.42. The second-order valence-corrected chi connectivity index (χ2v) is 8.59. The number of sulfonamides is 1. The van der Waals surface area contributed by atoms with Gasteiger partial charge in [-0.3, -0.25) is 9.59 Å². The number of nitrogens with zero attached hydrogens (tertiary/aromatic N) is 2. The van der Waals surface area contributed by atoms with E-state index in [1.807, 2.05) is 36.4 Å². The first-order chi connectivity index (χ1) is 14.9. The highest BCUT2D eigenvalue weighted by atomic mass is 32.2. The zero-order valence-corrected chi connectivity index (χ0v) is 17.8. The molecular weight excluding hydrogens is 418 g/mol. The maximum Gasteiger partial charge on any atom is 0.321 e. The van der Waals surface area contributed by atoms with Gasteiger partial charge in [-0.1, -0.05) is 48.5 Å². The van der Waals surface area contributed by atoms with Crippen molar-refractivity contribution in [2.24, 2.45) is 0 Å². The molecule has 0 atom stereocenters. The van der Waals surface area contributed by atoms with Gasteiger partial charge < -0.3 is 14.5 Å². The molecule has 0 saturated carbocycles. The first-order valence-electron chi connectivity index (χ1n) is 9.89. The van der Waals surface area contributed by atoms with Crippen molar-refractivity contribution in [3.8, 4) is 0 Å². The Morgan fingerprint density at radius 1 is 0.935 bits per heavy atom. The fourth-order valence-electron chi connectivity index (χ4n) is 3.08. The Labute approximate surface area is 182 Å². The van der Waals surface area contributed by atoms with Crippen LogP contribution in [0.3, 0.4) is 0 Å². The normalized spacial score (nSPS) is 14.6. The monoisotopic (exact) mass is 443 g/mol. The van der Waals surface area contributed by atoms with Crippen LogP contribution in [0.4, 0.5) is 5.69 Å². The number of benzene rings is 2. The van der Waals surface area contributed by atoms with Crippen molar-refractivity contribution >= 4 is 33.7 Å². The molecule has 1 fully saturated rings. The van der Waals surface area contributed by atoms with Crippen LogP contribution in [0.15, 0.2) is 66.1 Å². The van der Waals surface area contributed by atoms with Crippen LogP contribution in [-0.2, 0) is 24.3 Å². The minimum atomic E-state index is -3.80.